The molecule has 1 saturated heterocycles. The minimum atomic E-state index is -0.680. The van der Waals surface area contributed by atoms with Crippen LogP contribution in [0.1, 0.15) is 34.3 Å². The van der Waals surface area contributed by atoms with Gasteiger partial charge in [-0.25, -0.2) is 0 Å². The molecule has 2 heterocycles. The SMILES string of the molecule is Cc1cc(N=Nc2cccc3c2CN(C2CCC(=O)NC2=O)C3=O)c2ccccc2c1O. The van der Waals surface area contributed by atoms with E-state index in [0.717, 1.165) is 5.39 Å². The van der Waals surface area contributed by atoms with E-state index in [9.17, 15) is 19.5 Å². The third-order valence-corrected chi connectivity index (χ3v) is 6.01. The van der Waals surface area contributed by atoms with Crippen LogP contribution in [0, 0.1) is 6.92 Å². The molecule has 0 aromatic heterocycles. The van der Waals surface area contributed by atoms with Gasteiger partial charge in [-0.05, 0) is 37.1 Å². The van der Waals surface area contributed by atoms with Crippen molar-refractivity contribution in [3.05, 3.63) is 65.2 Å². The Morgan fingerprint density at radius 2 is 1.75 bits per heavy atom. The summed E-state index contributed by atoms with van der Waals surface area (Å²) < 4.78 is 0. The number of amides is 3. The molecule has 3 aromatic rings. The van der Waals surface area contributed by atoms with E-state index in [0.29, 0.717) is 39.9 Å². The summed E-state index contributed by atoms with van der Waals surface area (Å²) in [5.74, 6) is -0.805. The lowest BCUT2D eigenvalue weighted by molar-refractivity contribution is -0.136. The third-order valence-electron chi connectivity index (χ3n) is 6.01. The largest absolute Gasteiger partial charge is 0.507 e. The van der Waals surface area contributed by atoms with Gasteiger partial charge in [-0.15, -0.1) is 5.11 Å². The molecule has 160 valence electrons. The van der Waals surface area contributed by atoms with Gasteiger partial charge in [0.15, 0.2) is 0 Å². The van der Waals surface area contributed by atoms with Gasteiger partial charge in [-0.2, -0.15) is 5.11 Å². The average Bonchev–Trinajstić information content (AvgIpc) is 3.12. The second-order valence-corrected chi connectivity index (χ2v) is 8.01. The van der Waals surface area contributed by atoms with Gasteiger partial charge in [-0.3, -0.25) is 19.7 Å². The maximum Gasteiger partial charge on any atom is 0.255 e. The van der Waals surface area contributed by atoms with Crippen LogP contribution in [0.4, 0.5) is 11.4 Å². The number of piperidine rings is 1. The van der Waals surface area contributed by atoms with Crippen molar-refractivity contribution in [1.82, 2.24) is 10.2 Å². The van der Waals surface area contributed by atoms with Gasteiger partial charge in [0, 0.05) is 34.9 Å². The Morgan fingerprint density at radius 3 is 2.53 bits per heavy atom. The Hall–Kier alpha value is -4.07. The van der Waals surface area contributed by atoms with E-state index < -0.39 is 11.9 Å². The fraction of sp³-hybridized carbons (Fsp3) is 0.208. The first-order valence-corrected chi connectivity index (χ1v) is 10.3. The van der Waals surface area contributed by atoms with Gasteiger partial charge in [0.2, 0.25) is 11.8 Å². The lowest BCUT2D eigenvalue weighted by atomic mass is 10.0. The van der Waals surface area contributed by atoms with Crippen LogP contribution in [0.2, 0.25) is 0 Å². The van der Waals surface area contributed by atoms with Crippen LogP contribution in [-0.2, 0) is 16.1 Å². The van der Waals surface area contributed by atoms with Gasteiger partial charge >= 0.3 is 0 Å². The molecule has 8 nitrogen and oxygen atoms in total. The maximum atomic E-state index is 13.0. The zero-order valence-corrected chi connectivity index (χ0v) is 17.3. The van der Waals surface area contributed by atoms with Crippen LogP contribution in [0.5, 0.6) is 5.75 Å². The van der Waals surface area contributed by atoms with E-state index in [-0.39, 0.29) is 30.5 Å². The summed E-state index contributed by atoms with van der Waals surface area (Å²) in [4.78, 5) is 38.2. The maximum absolute atomic E-state index is 13.0. The van der Waals surface area contributed by atoms with Crippen LogP contribution in [0.25, 0.3) is 10.8 Å². The Kier molecular flexibility index (Phi) is 4.70. The zero-order valence-electron chi connectivity index (χ0n) is 17.3. The Bertz CT molecular complexity index is 1330. The number of rotatable bonds is 3. The van der Waals surface area contributed by atoms with Crippen LogP contribution >= 0.6 is 0 Å². The highest BCUT2D eigenvalue weighted by Gasteiger charge is 2.39. The fourth-order valence-corrected chi connectivity index (χ4v) is 4.33. The number of phenols is 1. The second-order valence-electron chi connectivity index (χ2n) is 8.01. The number of hydrogen-bond donors (Lipinski definition) is 2. The van der Waals surface area contributed by atoms with Crippen molar-refractivity contribution in [3.63, 3.8) is 0 Å². The zero-order chi connectivity index (χ0) is 22.4. The van der Waals surface area contributed by atoms with Gasteiger partial charge in [0.1, 0.15) is 11.8 Å². The number of carbonyl (C=O) groups is 3. The Balaban J connectivity index is 1.49. The number of aryl methyl sites for hydroxylation is 1. The molecule has 32 heavy (non-hydrogen) atoms. The molecular weight excluding hydrogens is 408 g/mol. The van der Waals surface area contributed by atoms with Crippen molar-refractivity contribution in [2.45, 2.75) is 32.4 Å². The molecular formula is C24H20N4O4. The first kappa shape index (κ1) is 19.9. The molecule has 3 aromatic carbocycles. The molecule has 0 saturated carbocycles. The number of carbonyl (C=O) groups excluding carboxylic acids is 3. The topological polar surface area (TPSA) is 111 Å². The van der Waals surface area contributed by atoms with E-state index in [1.165, 1.54) is 4.90 Å². The molecule has 0 spiro atoms. The summed E-state index contributed by atoms with van der Waals surface area (Å²) in [5, 5.41) is 23.0. The highest BCUT2D eigenvalue weighted by Crippen LogP contribution is 2.38. The minimum Gasteiger partial charge on any atom is -0.507 e. The summed E-state index contributed by atoms with van der Waals surface area (Å²) >= 11 is 0. The number of fused-ring (bicyclic) bond motifs is 2. The normalized spacial score (nSPS) is 18.5. The molecule has 3 amide bonds. The summed E-state index contributed by atoms with van der Waals surface area (Å²) in [5.41, 5.74) is 3.03. The van der Waals surface area contributed by atoms with Crippen LogP contribution in [0.3, 0.4) is 0 Å². The van der Waals surface area contributed by atoms with Crippen molar-refractivity contribution in [2.75, 3.05) is 0 Å². The third kappa shape index (κ3) is 3.20. The van der Waals surface area contributed by atoms with Crippen molar-refractivity contribution < 1.29 is 19.5 Å². The van der Waals surface area contributed by atoms with Crippen LogP contribution < -0.4 is 5.32 Å². The van der Waals surface area contributed by atoms with Gasteiger partial charge in [-0.1, -0.05) is 30.3 Å². The van der Waals surface area contributed by atoms with Gasteiger partial charge in [0.25, 0.3) is 5.91 Å². The molecule has 2 aliphatic rings. The van der Waals surface area contributed by atoms with Crippen molar-refractivity contribution in [3.8, 4) is 5.75 Å². The van der Waals surface area contributed by atoms with Crippen molar-refractivity contribution in [2.24, 2.45) is 10.2 Å². The Morgan fingerprint density at radius 1 is 1.00 bits per heavy atom. The molecule has 0 radical (unpaired) electrons. The van der Waals surface area contributed by atoms with Gasteiger partial charge in [0.05, 0.1) is 11.4 Å². The molecule has 0 bridgehead atoms. The average molecular weight is 428 g/mol. The number of nitrogens with zero attached hydrogens (tertiary/aromatic N) is 3. The van der Waals surface area contributed by atoms with Crippen molar-refractivity contribution >= 4 is 39.9 Å². The van der Waals surface area contributed by atoms with E-state index in [4.69, 9.17) is 0 Å². The van der Waals surface area contributed by atoms with E-state index in [1.54, 1.807) is 31.2 Å². The van der Waals surface area contributed by atoms with Crippen molar-refractivity contribution in [1.29, 1.82) is 0 Å². The summed E-state index contributed by atoms with van der Waals surface area (Å²) in [6, 6.07) is 13.7. The number of aromatic hydroxyl groups is 1. The predicted molar refractivity (Wildman–Crippen MR) is 117 cm³/mol. The summed E-state index contributed by atoms with van der Waals surface area (Å²) in [6.45, 7) is 2.03. The van der Waals surface area contributed by atoms with E-state index in [2.05, 4.69) is 15.5 Å². The highest BCUT2D eigenvalue weighted by molar-refractivity contribution is 6.06. The first-order valence-electron chi connectivity index (χ1n) is 10.3. The standard InChI is InChI=1S/C24H20N4O4/c1-13-11-19(14-5-2-3-6-15(14)22(13)30)27-26-18-8-4-7-16-17(18)12-28(24(16)32)20-9-10-21(29)25-23(20)31/h2-8,11,20,30H,9-10,12H2,1H3,(H,25,29,31). The molecule has 5 rings (SSSR count). The smallest absolute Gasteiger partial charge is 0.255 e. The van der Waals surface area contributed by atoms with Gasteiger partial charge < -0.3 is 10.0 Å². The van der Waals surface area contributed by atoms with E-state index >= 15 is 0 Å². The van der Waals surface area contributed by atoms with Crippen LogP contribution in [-0.4, -0.2) is 33.8 Å². The second kappa shape index (κ2) is 7.56. The molecule has 0 aliphatic carbocycles. The molecule has 2 aliphatic heterocycles. The summed E-state index contributed by atoms with van der Waals surface area (Å²) in [7, 11) is 0. The quantitative estimate of drug-likeness (QED) is 0.484. The number of imide groups is 1. The van der Waals surface area contributed by atoms with Crippen LogP contribution in [0.15, 0.2) is 58.8 Å². The minimum absolute atomic E-state index is 0.205. The fourth-order valence-electron chi connectivity index (χ4n) is 4.33. The Labute approximate surface area is 183 Å². The lowest BCUT2D eigenvalue weighted by Crippen LogP contribution is -2.52. The molecule has 2 N–H and O–H groups in total. The number of benzene rings is 3. The first-order chi connectivity index (χ1) is 15.4. The lowest BCUT2D eigenvalue weighted by Gasteiger charge is -2.29. The predicted octanol–water partition coefficient (Wildman–Crippen LogP) is 4.03. The molecule has 1 atom stereocenters. The number of hydrogen-bond acceptors (Lipinski definition) is 6. The highest BCUT2D eigenvalue weighted by atomic mass is 16.3. The van der Waals surface area contributed by atoms with E-state index in [1.807, 2.05) is 24.3 Å². The number of azo groups is 1. The molecule has 1 fully saturated rings. The molecule has 1 unspecified atom stereocenters. The monoisotopic (exact) mass is 428 g/mol. The molecule has 8 heteroatoms. The summed E-state index contributed by atoms with van der Waals surface area (Å²) in [6.07, 6.45) is 0.510. The number of nitrogens with one attached hydrogen (secondary N) is 1. The number of phenolic OH excluding ortho intramolecular Hbond substituents is 1.